The highest BCUT2D eigenvalue weighted by Gasteiger charge is 2.41. The molecule has 0 saturated heterocycles. The molecule has 133 heavy (non-hydrogen) atoms. The number of hydrogen-bond acceptors (Lipinski definition) is 21. The Morgan fingerprint density at radius 2 is 0.759 bits per heavy atom. The monoisotopic (exact) mass is 1860 g/mol. The fourth-order valence-corrected chi connectivity index (χ4v) is 19.1. The van der Waals surface area contributed by atoms with Crippen LogP contribution in [0.25, 0.3) is 0 Å². The van der Waals surface area contributed by atoms with Gasteiger partial charge in [0.05, 0.1) is 102 Å². The number of alkyl halides is 2. The van der Waals surface area contributed by atoms with E-state index in [1.807, 2.05) is 217 Å². The number of para-hydroxylation sites is 4. The molecule has 1 aromatic heterocycles. The number of anilines is 4. The summed E-state index contributed by atoms with van der Waals surface area (Å²) in [5, 5.41) is 13.2. The molecule has 8 aliphatic heterocycles. The molecule has 684 valence electrons. The maximum Gasteiger partial charge on any atom is 0.303 e. The molecule has 0 spiro atoms. The van der Waals surface area contributed by atoms with Crippen LogP contribution in [-0.4, -0.2) is 140 Å². The molecule has 5 amide bonds. The van der Waals surface area contributed by atoms with E-state index >= 15 is 0 Å². The van der Waals surface area contributed by atoms with E-state index in [0.717, 1.165) is 95.6 Å². The number of amides is 5. The summed E-state index contributed by atoms with van der Waals surface area (Å²) in [6.45, 7) is 5.83. The quantitative estimate of drug-likeness (QED) is 0.0232. The number of hydrogen-bond donors (Lipinski definition) is 2. The van der Waals surface area contributed by atoms with Crippen LogP contribution in [0.1, 0.15) is 150 Å². The number of aliphatic carboxylic acids is 1. The van der Waals surface area contributed by atoms with E-state index in [4.69, 9.17) is 86.2 Å². The lowest BCUT2D eigenvalue weighted by molar-refractivity contribution is -0.137. The number of halogens is 2. The predicted molar refractivity (Wildman–Crippen MR) is 526 cm³/mol. The first-order valence-electron chi connectivity index (χ1n) is 43.3. The van der Waals surface area contributed by atoms with E-state index in [1.54, 1.807) is 64.1 Å². The topological polar surface area (TPSA) is 284 Å². The largest absolute Gasteiger partial charge is 0.494 e. The SMILES string of the molecule is C.C.COc1cc2c(cc1OCc1cc(COc3cc4c(cc3C)C(=O)N3c5ccccc5C[C@H]3C=N4)cc(OCCCCC(=O)NCCSSc3ccccn3)c1)N=C[C@@H]1Cc3ccccc3N1C2=O.COc1cc2c(cc1OCc1cc(COc3cc4c(cc3C)C(=O)N3c5ccccc5C[C@H]3C=N4)cc(OCCCCC(=O)O)c1)N=C[C@@H]1Cc3ccccc3N1C2=O.ClCCl. The number of nitrogens with one attached hydrogen (secondary N) is 1. The number of carbonyl (C=O) groups is 6. The number of benzene rings is 10. The zero-order valence-corrected chi connectivity index (χ0v) is 75.6. The van der Waals surface area contributed by atoms with E-state index in [0.29, 0.717) is 162 Å². The predicted octanol–water partition coefficient (Wildman–Crippen LogP) is 21.3. The van der Waals surface area contributed by atoms with Gasteiger partial charge in [-0.15, -0.1) is 23.2 Å². The molecule has 2 N–H and O–H groups in total. The van der Waals surface area contributed by atoms with Crippen LogP contribution >= 0.6 is 44.8 Å². The first-order valence-corrected chi connectivity index (χ1v) is 46.7. The minimum absolute atomic E-state index is 0. The highest BCUT2D eigenvalue weighted by Crippen LogP contribution is 2.47. The van der Waals surface area contributed by atoms with Crippen molar-refractivity contribution in [1.29, 1.82) is 0 Å². The number of pyridine rings is 1. The smallest absolute Gasteiger partial charge is 0.303 e. The number of carboxylic acid groups (broad SMARTS) is 1. The summed E-state index contributed by atoms with van der Waals surface area (Å²) < 4.78 is 49.7. The lowest BCUT2D eigenvalue weighted by Crippen LogP contribution is -2.37. The Morgan fingerprint density at radius 1 is 0.421 bits per heavy atom. The summed E-state index contributed by atoms with van der Waals surface area (Å²) in [5.41, 5.74) is 17.0. The van der Waals surface area contributed by atoms with Gasteiger partial charge in [0.1, 0.15) is 54.5 Å². The number of ether oxygens (including phenoxy) is 8. The van der Waals surface area contributed by atoms with Crippen LogP contribution in [-0.2, 0) is 61.7 Å². The molecule has 0 saturated carbocycles. The average molecular weight is 1870 g/mol. The molecular formula is C104H102Cl2N10O15S2. The standard InChI is InChI=1S/C54H50N6O7S2.C47H42N4O8.CH2Cl2.2CH4/c1-34-21-42-44(57-30-39-25-37-11-3-5-13-46(37)59(39)53(42)62)28-48(34)66-32-35-22-36(24-41(23-35)65-19-10-8-15-51(61)55-18-20-68-69-52-16-7-9-17-56-52)33-67-50-29-45-43(27-49(50)64-2)54(63)60-40(31-58-45)26-38-12-4-6-14-47(38)60;1-28-15-36-38(48-24-33-19-31-9-3-5-11-40(31)50(33)46(36)54)22-42(28)58-26-29-16-30(18-35(17-29)57-14-8-7-13-45(52)53)27-59-44-23-39-37(21-43(44)56-2)47(55)51-34(25-49-39)20-32-10-4-6-12-41(32)51;2-1-3;;/h3-7,9,11-14,16-17,21-24,27-31,39-40H,8,10,15,18-20,25-26,32-33H2,1-2H3,(H,55,61);3-6,9-12,15-18,21-25,33-34H,7-8,13-14,19-20,26-27H2,1-2H3,(H,52,53);1H2;2*1H4/t39-,40-;33-,34-;;;/m00.../s1. The summed E-state index contributed by atoms with van der Waals surface area (Å²) >= 11 is 9.53. The summed E-state index contributed by atoms with van der Waals surface area (Å²) in [4.78, 5) is 110. The van der Waals surface area contributed by atoms with Gasteiger partial charge in [-0.05, 0) is 203 Å². The fraction of sp³-hybridized carbons (Fsp3) is 0.279. The van der Waals surface area contributed by atoms with Gasteiger partial charge < -0.3 is 48.3 Å². The van der Waals surface area contributed by atoms with Gasteiger partial charge in [0.15, 0.2) is 23.0 Å². The fourth-order valence-electron chi connectivity index (χ4n) is 17.3. The van der Waals surface area contributed by atoms with Gasteiger partial charge >= 0.3 is 5.97 Å². The summed E-state index contributed by atoms with van der Waals surface area (Å²) in [7, 11) is 6.34. The van der Waals surface area contributed by atoms with E-state index in [2.05, 4.69) is 22.4 Å². The van der Waals surface area contributed by atoms with Crippen molar-refractivity contribution in [2.75, 3.05) is 64.7 Å². The summed E-state index contributed by atoms with van der Waals surface area (Å²) in [6, 6.07) is 62.8. The average Bonchev–Trinajstić information content (AvgIpc) is 1.42. The molecule has 29 heteroatoms. The maximum atomic E-state index is 14.0. The lowest BCUT2D eigenvalue weighted by atomic mass is 10.1. The number of methoxy groups -OCH3 is 2. The molecule has 0 unspecified atom stereocenters. The molecule has 0 fully saturated rings. The summed E-state index contributed by atoms with van der Waals surface area (Å²) in [5.74, 6) is 3.59. The van der Waals surface area contributed by atoms with E-state index in [-0.39, 0.29) is 107 Å². The number of fused-ring (bicyclic) bond motifs is 16. The number of aliphatic imine (C=N–C) groups is 4. The van der Waals surface area contributed by atoms with Crippen molar-refractivity contribution in [2.45, 2.75) is 149 Å². The molecule has 8 aliphatic rings. The Labute approximate surface area is 791 Å². The minimum Gasteiger partial charge on any atom is -0.494 e. The Morgan fingerprint density at radius 3 is 1.11 bits per heavy atom. The molecule has 9 heterocycles. The van der Waals surface area contributed by atoms with Crippen LogP contribution in [0.3, 0.4) is 0 Å². The van der Waals surface area contributed by atoms with Crippen molar-refractivity contribution >= 4 is 151 Å². The summed E-state index contributed by atoms with van der Waals surface area (Å²) in [6.07, 6.45) is 14.8. The van der Waals surface area contributed by atoms with Gasteiger partial charge in [0, 0.05) is 129 Å². The minimum atomic E-state index is -0.841. The second kappa shape index (κ2) is 43.3. The third-order valence-electron chi connectivity index (χ3n) is 23.6. The van der Waals surface area contributed by atoms with Gasteiger partial charge in [-0.1, -0.05) is 105 Å². The van der Waals surface area contributed by atoms with E-state index in [9.17, 15) is 28.8 Å². The van der Waals surface area contributed by atoms with E-state index < -0.39 is 5.97 Å². The third-order valence-corrected chi connectivity index (χ3v) is 25.8. The molecule has 25 nitrogen and oxygen atoms in total. The molecule has 0 bridgehead atoms. The molecule has 19 rings (SSSR count). The van der Waals surface area contributed by atoms with Crippen molar-refractivity contribution in [3.05, 3.63) is 284 Å². The lowest BCUT2D eigenvalue weighted by Gasteiger charge is -2.22. The normalized spacial score (nSPS) is 16.0. The molecule has 4 atom stereocenters. The van der Waals surface area contributed by atoms with Gasteiger partial charge in [0.2, 0.25) is 5.91 Å². The van der Waals surface area contributed by atoms with Gasteiger partial charge in [-0.3, -0.25) is 68.3 Å². The third kappa shape index (κ3) is 21.4. The number of unbranched alkanes of at least 4 members (excludes halogenated alkanes) is 2. The molecule has 10 aromatic carbocycles. The number of aryl methyl sites for hydroxylation is 2. The Bertz CT molecular complexity index is 6340. The van der Waals surface area contributed by atoms with Crippen molar-refractivity contribution in [3.8, 4) is 46.0 Å². The van der Waals surface area contributed by atoms with Gasteiger partial charge in [-0.25, -0.2) is 4.98 Å². The first kappa shape index (κ1) is 94.2. The van der Waals surface area contributed by atoms with Crippen LogP contribution in [0.2, 0.25) is 0 Å². The second-order valence-corrected chi connectivity index (χ2v) is 35.6. The molecular weight excluding hydrogens is 1760 g/mol. The first-order chi connectivity index (χ1) is 63.9. The second-order valence-electron chi connectivity index (χ2n) is 32.4. The Balaban J connectivity index is 0.000000197. The zero-order valence-electron chi connectivity index (χ0n) is 72.4. The van der Waals surface area contributed by atoms with Crippen LogP contribution in [0, 0.1) is 13.8 Å². The van der Waals surface area contributed by atoms with Crippen LogP contribution in [0.15, 0.2) is 231 Å². The van der Waals surface area contributed by atoms with Crippen molar-refractivity contribution in [1.82, 2.24) is 10.3 Å². The Kier molecular flexibility index (Phi) is 30.6. The maximum absolute atomic E-state index is 14.0. The number of carboxylic acids is 1. The van der Waals surface area contributed by atoms with Gasteiger partial charge in [0.25, 0.3) is 23.6 Å². The van der Waals surface area contributed by atoms with Crippen LogP contribution < -0.4 is 62.8 Å². The molecule has 11 aromatic rings. The van der Waals surface area contributed by atoms with Gasteiger partial charge in [-0.2, -0.15) is 0 Å². The number of rotatable bonds is 31. The molecule has 0 radical (unpaired) electrons. The van der Waals surface area contributed by atoms with Crippen molar-refractivity contribution in [3.63, 3.8) is 0 Å². The number of aromatic nitrogens is 1. The van der Waals surface area contributed by atoms with Crippen LogP contribution in [0.5, 0.6) is 46.0 Å². The number of carbonyl (C=O) groups excluding carboxylic acids is 5. The highest BCUT2D eigenvalue weighted by atomic mass is 35.5. The van der Waals surface area contributed by atoms with Crippen LogP contribution in [0.4, 0.5) is 45.5 Å². The Hall–Kier alpha value is -13.5. The zero-order chi connectivity index (χ0) is 90.6. The van der Waals surface area contributed by atoms with E-state index in [1.165, 1.54) is 7.11 Å². The highest BCUT2D eigenvalue weighted by molar-refractivity contribution is 8.76. The van der Waals surface area contributed by atoms with Crippen molar-refractivity contribution < 1.29 is 71.8 Å². The van der Waals surface area contributed by atoms with Crippen molar-refractivity contribution in [2.24, 2.45) is 20.0 Å². The number of nitrogens with zero attached hydrogens (tertiary/aromatic N) is 9. The molecule has 0 aliphatic carbocycles.